The lowest BCUT2D eigenvalue weighted by Crippen LogP contribution is -2.49. The van der Waals surface area contributed by atoms with E-state index in [-0.39, 0.29) is 48.4 Å². The number of anilines is 1. The number of nitrogens with one attached hydrogen (secondary N) is 1. The molecule has 0 radical (unpaired) electrons. The second-order valence-electron chi connectivity index (χ2n) is 7.84. The number of rotatable bonds is 8. The third kappa shape index (κ3) is 6.92. The molecule has 34 heavy (non-hydrogen) atoms. The van der Waals surface area contributed by atoms with E-state index >= 15 is 0 Å². The number of amides is 2. The smallest absolute Gasteiger partial charge is 0.338 e. The Morgan fingerprint density at radius 3 is 2.35 bits per heavy atom. The number of carbonyl (C=O) groups excluding carboxylic acids is 3. The van der Waals surface area contributed by atoms with Crippen molar-refractivity contribution in [3.63, 3.8) is 0 Å². The highest BCUT2D eigenvalue weighted by atomic mass is 19.1. The predicted molar refractivity (Wildman–Crippen MR) is 120 cm³/mol. The third-order valence-electron chi connectivity index (χ3n) is 4.99. The molecule has 10 heteroatoms. The second kappa shape index (κ2) is 11.5. The Bertz CT molecular complexity index is 1020. The number of methoxy groups -OCH3 is 1. The maximum atomic E-state index is 13.0. The SMILES string of the molecule is COc1cc(C(=O)OCC(=O)N2C[C@@H](C)O[C@@H](C)C2)ccc1OCC(=O)Nc1ccc(F)cc1. The van der Waals surface area contributed by atoms with Crippen LogP contribution in [-0.4, -0.2) is 68.3 Å². The molecule has 1 aliphatic rings. The van der Waals surface area contributed by atoms with Crippen molar-refractivity contribution in [3.05, 3.63) is 53.8 Å². The van der Waals surface area contributed by atoms with Crippen molar-refractivity contribution in [1.82, 2.24) is 4.90 Å². The first-order valence-electron chi connectivity index (χ1n) is 10.7. The Hall–Kier alpha value is -3.66. The van der Waals surface area contributed by atoms with Gasteiger partial charge in [-0.05, 0) is 56.3 Å². The van der Waals surface area contributed by atoms with Gasteiger partial charge in [0.25, 0.3) is 11.8 Å². The average Bonchev–Trinajstić information content (AvgIpc) is 2.81. The van der Waals surface area contributed by atoms with Crippen molar-refractivity contribution in [2.24, 2.45) is 0 Å². The van der Waals surface area contributed by atoms with Crippen LogP contribution in [0, 0.1) is 5.82 Å². The molecule has 2 amide bonds. The first-order chi connectivity index (χ1) is 16.2. The number of hydrogen-bond acceptors (Lipinski definition) is 7. The Labute approximate surface area is 196 Å². The van der Waals surface area contributed by atoms with E-state index in [1.165, 1.54) is 49.6 Å². The summed E-state index contributed by atoms with van der Waals surface area (Å²) < 4.78 is 34.5. The topological polar surface area (TPSA) is 103 Å². The molecule has 0 aromatic heterocycles. The summed E-state index contributed by atoms with van der Waals surface area (Å²) in [6.45, 7) is 3.92. The van der Waals surface area contributed by atoms with Crippen molar-refractivity contribution in [2.75, 3.05) is 38.7 Å². The van der Waals surface area contributed by atoms with Crippen LogP contribution in [-0.2, 0) is 19.1 Å². The molecule has 0 saturated carbocycles. The van der Waals surface area contributed by atoms with Gasteiger partial charge in [0.15, 0.2) is 24.7 Å². The number of morpholine rings is 1. The van der Waals surface area contributed by atoms with Gasteiger partial charge in [-0.25, -0.2) is 9.18 Å². The molecule has 1 aliphatic heterocycles. The van der Waals surface area contributed by atoms with E-state index in [0.717, 1.165) is 0 Å². The summed E-state index contributed by atoms with van der Waals surface area (Å²) in [6.07, 6.45) is -0.170. The van der Waals surface area contributed by atoms with Crippen LogP contribution in [0.25, 0.3) is 0 Å². The third-order valence-corrected chi connectivity index (χ3v) is 4.99. The molecule has 1 N–H and O–H groups in total. The lowest BCUT2D eigenvalue weighted by atomic mass is 10.2. The molecular formula is C24H27FN2O7. The van der Waals surface area contributed by atoms with Crippen LogP contribution < -0.4 is 14.8 Å². The van der Waals surface area contributed by atoms with E-state index in [2.05, 4.69) is 5.32 Å². The minimum absolute atomic E-state index is 0.0852. The summed E-state index contributed by atoms with van der Waals surface area (Å²) >= 11 is 0. The number of benzene rings is 2. The number of esters is 1. The molecular weight excluding hydrogens is 447 g/mol. The summed E-state index contributed by atoms with van der Waals surface area (Å²) in [7, 11) is 1.39. The van der Waals surface area contributed by atoms with Crippen LogP contribution >= 0.6 is 0 Å². The maximum absolute atomic E-state index is 13.0. The van der Waals surface area contributed by atoms with E-state index in [0.29, 0.717) is 18.8 Å². The fourth-order valence-corrected chi connectivity index (χ4v) is 3.47. The van der Waals surface area contributed by atoms with E-state index in [1.54, 1.807) is 4.90 Å². The largest absolute Gasteiger partial charge is 0.493 e. The highest BCUT2D eigenvalue weighted by Crippen LogP contribution is 2.28. The maximum Gasteiger partial charge on any atom is 0.338 e. The second-order valence-corrected chi connectivity index (χ2v) is 7.84. The summed E-state index contributed by atoms with van der Waals surface area (Å²) in [5.74, 6) is -1.41. The number of carbonyl (C=O) groups is 3. The molecule has 3 rings (SSSR count). The lowest BCUT2D eigenvalue weighted by molar-refractivity contribution is -0.146. The Morgan fingerprint density at radius 2 is 1.71 bits per heavy atom. The van der Waals surface area contributed by atoms with Gasteiger partial charge in [-0.2, -0.15) is 0 Å². The standard InChI is InChI=1S/C24H27FN2O7/c1-15-11-27(12-16(2)34-15)23(29)14-33-24(30)17-4-9-20(21(10-17)31-3)32-13-22(28)26-19-7-5-18(25)6-8-19/h4-10,15-16H,11-14H2,1-3H3,(H,26,28)/t15-,16+. The Morgan fingerprint density at radius 1 is 1.03 bits per heavy atom. The fourth-order valence-electron chi connectivity index (χ4n) is 3.47. The molecule has 0 bridgehead atoms. The van der Waals surface area contributed by atoms with Gasteiger partial charge >= 0.3 is 5.97 Å². The first-order valence-corrected chi connectivity index (χ1v) is 10.7. The molecule has 0 spiro atoms. The van der Waals surface area contributed by atoms with Crippen molar-refractivity contribution < 1.29 is 37.7 Å². The molecule has 1 fully saturated rings. The Balaban J connectivity index is 1.53. The molecule has 2 atom stereocenters. The molecule has 0 aliphatic carbocycles. The van der Waals surface area contributed by atoms with Gasteiger partial charge in [0, 0.05) is 18.8 Å². The molecule has 2 aromatic rings. The van der Waals surface area contributed by atoms with Crippen LogP contribution in [0.3, 0.4) is 0 Å². The van der Waals surface area contributed by atoms with Crippen LogP contribution in [0.15, 0.2) is 42.5 Å². The van der Waals surface area contributed by atoms with Gasteiger partial charge in [-0.15, -0.1) is 0 Å². The van der Waals surface area contributed by atoms with E-state index in [4.69, 9.17) is 18.9 Å². The zero-order chi connectivity index (χ0) is 24.7. The minimum atomic E-state index is -0.693. The van der Waals surface area contributed by atoms with E-state index in [1.807, 2.05) is 13.8 Å². The quantitative estimate of drug-likeness (QED) is 0.587. The predicted octanol–water partition coefficient (Wildman–Crippen LogP) is 2.64. The highest BCUT2D eigenvalue weighted by molar-refractivity contribution is 5.93. The fraction of sp³-hybridized carbons (Fsp3) is 0.375. The van der Waals surface area contributed by atoms with Gasteiger partial charge in [0.1, 0.15) is 5.82 Å². The number of ether oxygens (including phenoxy) is 4. The minimum Gasteiger partial charge on any atom is -0.493 e. The normalized spacial score (nSPS) is 17.6. The zero-order valence-electron chi connectivity index (χ0n) is 19.2. The summed E-state index contributed by atoms with van der Waals surface area (Å²) in [4.78, 5) is 38.5. The van der Waals surface area contributed by atoms with Crippen molar-refractivity contribution in [2.45, 2.75) is 26.1 Å². The van der Waals surface area contributed by atoms with Gasteiger partial charge in [-0.1, -0.05) is 0 Å². The van der Waals surface area contributed by atoms with Gasteiger partial charge < -0.3 is 29.2 Å². The van der Waals surface area contributed by atoms with E-state index in [9.17, 15) is 18.8 Å². The highest BCUT2D eigenvalue weighted by Gasteiger charge is 2.26. The van der Waals surface area contributed by atoms with Crippen molar-refractivity contribution in [3.8, 4) is 11.5 Å². The van der Waals surface area contributed by atoms with Gasteiger partial charge in [-0.3, -0.25) is 9.59 Å². The molecule has 182 valence electrons. The van der Waals surface area contributed by atoms with Gasteiger partial charge in [0.2, 0.25) is 0 Å². The molecule has 2 aromatic carbocycles. The summed E-state index contributed by atoms with van der Waals surface area (Å²) in [6, 6.07) is 9.63. The van der Waals surface area contributed by atoms with Crippen LogP contribution in [0.2, 0.25) is 0 Å². The average molecular weight is 474 g/mol. The lowest BCUT2D eigenvalue weighted by Gasteiger charge is -2.35. The van der Waals surface area contributed by atoms with E-state index < -0.39 is 17.7 Å². The zero-order valence-corrected chi connectivity index (χ0v) is 19.2. The number of nitrogens with zero attached hydrogens (tertiary/aromatic N) is 1. The molecule has 0 unspecified atom stereocenters. The van der Waals surface area contributed by atoms with Crippen LogP contribution in [0.5, 0.6) is 11.5 Å². The van der Waals surface area contributed by atoms with Crippen molar-refractivity contribution >= 4 is 23.5 Å². The summed E-state index contributed by atoms with van der Waals surface area (Å²) in [5, 5.41) is 2.58. The molecule has 1 heterocycles. The number of halogens is 1. The monoisotopic (exact) mass is 474 g/mol. The van der Waals surface area contributed by atoms with Crippen LogP contribution in [0.4, 0.5) is 10.1 Å². The summed E-state index contributed by atoms with van der Waals surface area (Å²) in [5.41, 5.74) is 0.590. The van der Waals surface area contributed by atoms with Crippen LogP contribution in [0.1, 0.15) is 24.2 Å². The molecule has 9 nitrogen and oxygen atoms in total. The first kappa shape index (κ1) is 25.0. The Kier molecular flexibility index (Phi) is 8.42. The van der Waals surface area contributed by atoms with Crippen molar-refractivity contribution in [1.29, 1.82) is 0 Å². The van der Waals surface area contributed by atoms with Gasteiger partial charge in [0.05, 0.1) is 24.9 Å². The number of hydrogen-bond donors (Lipinski definition) is 1. The molecule has 1 saturated heterocycles.